The lowest BCUT2D eigenvalue weighted by Gasteiger charge is -2.09. The highest BCUT2D eigenvalue weighted by molar-refractivity contribution is 5.65. The van der Waals surface area contributed by atoms with E-state index < -0.39 is 0 Å². The molecule has 5 rings (SSSR count). The SMILES string of the molecule is C1CCOC1.CC[C@H](C)CCCCCO.CC[C@H](C)CCCCCOc1ccc(-c2ccc(C#N)cc2)cc1.N#Cc1ccc(-c2ccc(O)cc2)cc1. The van der Waals surface area contributed by atoms with Crippen LogP contribution in [0.2, 0.25) is 0 Å². The Kier molecular flexibility index (Phi) is 24.3. The van der Waals surface area contributed by atoms with Gasteiger partial charge < -0.3 is 19.7 Å². The summed E-state index contributed by atoms with van der Waals surface area (Å²) in [5, 5.41) is 35.1. The molecule has 6 nitrogen and oxygen atoms in total. The minimum absolute atomic E-state index is 0.257. The third-order valence-corrected chi connectivity index (χ3v) is 9.60. The number of phenolic OH excluding ortho intramolecular Hbond substituents is 1. The first-order valence-electron chi connectivity index (χ1n) is 20.0. The Balaban J connectivity index is 0.000000284. The van der Waals surface area contributed by atoms with Crippen LogP contribution in [0, 0.1) is 34.5 Å². The van der Waals surface area contributed by atoms with Gasteiger partial charge in [-0.05, 0) is 108 Å². The van der Waals surface area contributed by atoms with Crippen LogP contribution in [-0.4, -0.2) is 36.6 Å². The number of unbranched alkanes of at least 4 members (excludes halogenated alkanes) is 4. The highest BCUT2D eigenvalue weighted by Gasteiger charge is 2.02. The van der Waals surface area contributed by atoms with Crippen LogP contribution in [0.4, 0.5) is 0 Å². The minimum Gasteiger partial charge on any atom is -0.508 e. The molecule has 0 spiro atoms. The lowest BCUT2D eigenvalue weighted by atomic mass is 10.0. The Hall–Kier alpha value is -4.62. The van der Waals surface area contributed by atoms with Crippen LogP contribution < -0.4 is 4.74 Å². The van der Waals surface area contributed by atoms with E-state index in [-0.39, 0.29) is 5.75 Å². The average molecular weight is 733 g/mol. The zero-order valence-corrected chi connectivity index (χ0v) is 33.3. The predicted octanol–water partition coefficient (Wildman–Crippen LogP) is 12.5. The second kappa shape index (κ2) is 28.8. The van der Waals surface area contributed by atoms with Gasteiger partial charge in [-0.3, -0.25) is 0 Å². The molecule has 0 bridgehead atoms. The normalized spacial score (nSPS) is 12.6. The number of ether oxygens (including phenoxy) is 2. The van der Waals surface area contributed by atoms with Gasteiger partial charge in [0.15, 0.2) is 0 Å². The molecule has 290 valence electrons. The van der Waals surface area contributed by atoms with Crippen molar-refractivity contribution in [3.63, 3.8) is 0 Å². The van der Waals surface area contributed by atoms with Crippen LogP contribution in [0.5, 0.6) is 11.5 Å². The molecule has 6 heteroatoms. The van der Waals surface area contributed by atoms with Crippen LogP contribution in [0.15, 0.2) is 97.1 Å². The van der Waals surface area contributed by atoms with Crippen molar-refractivity contribution in [3.8, 4) is 45.9 Å². The number of aliphatic hydroxyl groups excluding tert-OH is 1. The number of hydrogen-bond donors (Lipinski definition) is 2. The van der Waals surface area contributed by atoms with E-state index in [2.05, 4.69) is 52.0 Å². The number of phenols is 1. The summed E-state index contributed by atoms with van der Waals surface area (Å²) < 4.78 is 10.8. The summed E-state index contributed by atoms with van der Waals surface area (Å²) >= 11 is 0. The maximum absolute atomic E-state index is 9.14. The van der Waals surface area contributed by atoms with Crippen LogP contribution >= 0.6 is 0 Å². The van der Waals surface area contributed by atoms with Gasteiger partial charge in [0.2, 0.25) is 0 Å². The van der Waals surface area contributed by atoms with E-state index in [1.54, 1.807) is 24.3 Å². The second-order valence-corrected chi connectivity index (χ2v) is 14.1. The zero-order valence-electron chi connectivity index (χ0n) is 33.3. The van der Waals surface area contributed by atoms with Crippen LogP contribution in [-0.2, 0) is 4.74 Å². The maximum atomic E-state index is 9.14. The largest absolute Gasteiger partial charge is 0.508 e. The third kappa shape index (κ3) is 20.0. The summed E-state index contributed by atoms with van der Waals surface area (Å²) in [6.07, 6.45) is 14.9. The number of nitriles is 2. The van der Waals surface area contributed by atoms with Gasteiger partial charge in [-0.25, -0.2) is 0 Å². The fourth-order valence-electron chi connectivity index (χ4n) is 5.53. The van der Waals surface area contributed by atoms with Crippen LogP contribution in [0.3, 0.4) is 0 Å². The Morgan fingerprint density at radius 1 is 0.593 bits per heavy atom. The summed E-state index contributed by atoms with van der Waals surface area (Å²) in [6.45, 7) is 12.3. The van der Waals surface area contributed by atoms with Gasteiger partial charge in [0.05, 0.1) is 29.9 Å². The molecule has 4 aromatic carbocycles. The molecule has 1 heterocycles. The maximum Gasteiger partial charge on any atom is 0.119 e. The quantitative estimate of drug-likeness (QED) is 0.111. The van der Waals surface area contributed by atoms with Crippen molar-refractivity contribution in [1.29, 1.82) is 10.5 Å². The number of hydrogen-bond acceptors (Lipinski definition) is 6. The van der Waals surface area contributed by atoms with E-state index in [0.717, 1.165) is 72.5 Å². The van der Waals surface area contributed by atoms with E-state index >= 15 is 0 Å². The van der Waals surface area contributed by atoms with Gasteiger partial charge in [0, 0.05) is 19.8 Å². The standard InChI is InChI=1S/C22H27NO.C13H9NO.C9H20O.C4H8O/c1-3-18(2)7-5-4-6-16-24-22-14-12-21(13-15-22)20-10-8-19(17-23)9-11-20;14-9-10-1-3-11(4-2-10)12-5-7-13(15)8-6-12;1-3-9(2)7-5-4-6-8-10;1-2-4-5-3-1/h8-15,18H,3-7,16H2,1-2H3;1-8,15H;9-10H,3-8H2,1-2H3;1-4H2/t18-;;9-;/m0.0./s1. The molecule has 2 atom stereocenters. The molecular formula is C48H64N2O4. The Morgan fingerprint density at radius 3 is 1.37 bits per heavy atom. The molecule has 0 amide bonds. The van der Waals surface area contributed by atoms with Gasteiger partial charge in [0.25, 0.3) is 0 Å². The average Bonchev–Trinajstić information content (AvgIpc) is 3.83. The van der Waals surface area contributed by atoms with E-state index in [1.807, 2.05) is 60.7 Å². The van der Waals surface area contributed by atoms with Gasteiger partial charge in [-0.15, -0.1) is 0 Å². The number of aromatic hydroxyl groups is 1. The summed E-state index contributed by atoms with van der Waals surface area (Å²) in [4.78, 5) is 0. The molecule has 0 unspecified atom stereocenters. The fraction of sp³-hybridized carbons (Fsp3) is 0.458. The molecule has 4 aromatic rings. The van der Waals surface area contributed by atoms with Crippen molar-refractivity contribution in [1.82, 2.24) is 0 Å². The van der Waals surface area contributed by atoms with Gasteiger partial charge in [-0.2, -0.15) is 10.5 Å². The Morgan fingerprint density at radius 2 is 1.00 bits per heavy atom. The summed E-state index contributed by atoms with van der Waals surface area (Å²) in [7, 11) is 0. The molecule has 0 radical (unpaired) electrons. The molecule has 0 aliphatic carbocycles. The van der Waals surface area contributed by atoms with Gasteiger partial charge in [0.1, 0.15) is 11.5 Å². The lowest BCUT2D eigenvalue weighted by molar-refractivity contribution is 0.198. The highest BCUT2D eigenvalue weighted by Crippen LogP contribution is 2.24. The van der Waals surface area contributed by atoms with E-state index in [4.69, 9.17) is 30.2 Å². The molecule has 2 N–H and O–H groups in total. The van der Waals surface area contributed by atoms with Crippen molar-refractivity contribution in [2.45, 2.75) is 105 Å². The Labute approximate surface area is 326 Å². The smallest absolute Gasteiger partial charge is 0.119 e. The molecule has 0 aromatic heterocycles. The third-order valence-electron chi connectivity index (χ3n) is 9.60. The number of aliphatic hydroxyl groups is 1. The summed E-state index contributed by atoms with van der Waals surface area (Å²) in [5.74, 6) is 2.90. The van der Waals surface area contributed by atoms with Crippen molar-refractivity contribution in [2.24, 2.45) is 11.8 Å². The van der Waals surface area contributed by atoms with Gasteiger partial charge in [-0.1, -0.05) is 128 Å². The van der Waals surface area contributed by atoms with Crippen molar-refractivity contribution >= 4 is 0 Å². The lowest BCUT2D eigenvalue weighted by Crippen LogP contribution is -1.98. The number of nitrogens with zero attached hydrogens (tertiary/aromatic N) is 2. The highest BCUT2D eigenvalue weighted by atomic mass is 16.5. The monoisotopic (exact) mass is 732 g/mol. The van der Waals surface area contributed by atoms with Crippen molar-refractivity contribution in [3.05, 3.63) is 108 Å². The van der Waals surface area contributed by atoms with Gasteiger partial charge >= 0.3 is 0 Å². The number of rotatable bonds is 16. The first kappa shape index (κ1) is 45.5. The first-order chi connectivity index (χ1) is 26.3. The summed E-state index contributed by atoms with van der Waals surface area (Å²) in [6, 6.07) is 34.4. The molecular weight excluding hydrogens is 669 g/mol. The Bertz CT molecular complexity index is 1580. The van der Waals surface area contributed by atoms with E-state index in [9.17, 15) is 0 Å². The fourth-order valence-corrected chi connectivity index (χ4v) is 5.53. The van der Waals surface area contributed by atoms with Crippen LogP contribution in [0.1, 0.15) is 116 Å². The molecule has 1 aliphatic heterocycles. The van der Waals surface area contributed by atoms with Crippen LogP contribution in [0.25, 0.3) is 22.3 Å². The predicted molar refractivity (Wildman–Crippen MR) is 223 cm³/mol. The minimum atomic E-state index is 0.257. The number of benzene rings is 4. The van der Waals surface area contributed by atoms with E-state index in [1.165, 1.54) is 64.2 Å². The van der Waals surface area contributed by atoms with E-state index in [0.29, 0.717) is 17.7 Å². The molecule has 1 aliphatic rings. The topological polar surface area (TPSA) is 106 Å². The van der Waals surface area contributed by atoms with Crippen molar-refractivity contribution in [2.75, 3.05) is 26.4 Å². The first-order valence-corrected chi connectivity index (χ1v) is 20.0. The van der Waals surface area contributed by atoms with Crippen molar-refractivity contribution < 1.29 is 19.7 Å². The summed E-state index contributed by atoms with van der Waals surface area (Å²) in [5.41, 5.74) is 5.65. The second-order valence-electron chi connectivity index (χ2n) is 14.1. The molecule has 1 saturated heterocycles. The molecule has 0 saturated carbocycles. The molecule has 1 fully saturated rings. The molecule has 54 heavy (non-hydrogen) atoms. The zero-order chi connectivity index (χ0) is 39.2.